The van der Waals surface area contributed by atoms with Gasteiger partial charge in [-0.1, -0.05) is 28.4 Å². The molecule has 4 rings (SSSR count). The van der Waals surface area contributed by atoms with Gasteiger partial charge in [-0.3, -0.25) is 4.79 Å². The topological polar surface area (TPSA) is 35.5 Å². The van der Waals surface area contributed by atoms with Crippen molar-refractivity contribution in [2.45, 2.75) is 37.4 Å². The van der Waals surface area contributed by atoms with Crippen molar-refractivity contribution < 1.29 is 14.3 Å². The second-order valence-corrected chi connectivity index (χ2v) is 6.96. The van der Waals surface area contributed by atoms with E-state index < -0.39 is 5.60 Å². The summed E-state index contributed by atoms with van der Waals surface area (Å²) < 4.78 is 12.7. The highest BCUT2D eigenvalue weighted by atomic mass is 79.9. The van der Waals surface area contributed by atoms with Crippen molar-refractivity contribution in [3.05, 3.63) is 10.6 Å². The van der Waals surface area contributed by atoms with Crippen molar-refractivity contribution in [2.75, 3.05) is 13.7 Å². The number of methoxy groups -OCH3 is 1. The van der Waals surface area contributed by atoms with Crippen molar-refractivity contribution in [3.63, 3.8) is 0 Å². The zero-order valence-electron chi connectivity index (χ0n) is 10.4. The van der Waals surface area contributed by atoms with E-state index in [1.807, 2.05) is 0 Å². The fourth-order valence-corrected chi connectivity index (χ4v) is 5.98. The van der Waals surface area contributed by atoms with E-state index in [1.54, 1.807) is 7.11 Å². The number of ketones is 1. The Morgan fingerprint density at radius 2 is 2.28 bits per heavy atom. The van der Waals surface area contributed by atoms with Crippen molar-refractivity contribution in [2.24, 2.45) is 17.3 Å². The van der Waals surface area contributed by atoms with Crippen LogP contribution in [0.3, 0.4) is 0 Å². The maximum absolute atomic E-state index is 13.0. The molecule has 5 atom stereocenters. The summed E-state index contributed by atoms with van der Waals surface area (Å²) in [6.07, 6.45) is 6.20. The van der Waals surface area contributed by atoms with Gasteiger partial charge in [0.05, 0.1) is 5.41 Å². The minimum Gasteiger partial charge on any atom is -0.369 e. The van der Waals surface area contributed by atoms with Gasteiger partial charge >= 0.3 is 0 Å². The molecule has 3 nitrogen and oxygen atoms in total. The van der Waals surface area contributed by atoms with Crippen LogP contribution in [-0.4, -0.2) is 31.2 Å². The van der Waals surface area contributed by atoms with Crippen LogP contribution < -0.4 is 0 Å². The minimum absolute atomic E-state index is 0.218. The molecule has 3 aliphatic carbocycles. The maximum atomic E-state index is 13.0. The molecular formula is C14H17BrO3. The molecule has 4 heteroatoms. The molecule has 0 N–H and O–H groups in total. The Morgan fingerprint density at radius 3 is 3.06 bits per heavy atom. The number of Topliss-reactive ketones (excluding diaryl/α,β-unsaturated/α-hetero) is 1. The summed E-state index contributed by atoms with van der Waals surface area (Å²) >= 11 is 3.64. The predicted molar refractivity (Wildman–Crippen MR) is 69.4 cm³/mol. The molecule has 0 aromatic carbocycles. The van der Waals surface area contributed by atoms with Gasteiger partial charge in [-0.05, 0) is 25.2 Å². The lowest BCUT2D eigenvalue weighted by Gasteiger charge is -2.45. The molecule has 1 saturated heterocycles. The first-order chi connectivity index (χ1) is 8.67. The second kappa shape index (κ2) is 3.47. The summed E-state index contributed by atoms with van der Waals surface area (Å²) in [5.74, 6) is 1.09. The molecule has 98 valence electrons. The van der Waals surface area contributed by atoms with Crippen molar-refractivity contribution in [3.8, 4) is 0 Å². The Labute approximate surface area is 115 Å². The Hall–Kier alpha value is -0.190. The molecule has 1 heterocycles. The number of rotatable bonds is 1. The van der Waals surface area contributed by atoms with Crippen LogP contribution >= 0.6 is 15.9 Å². The van der Waals surface area contributed by atoms with Crippen LogP contribution in [0.25, 0.3) is 0 Å². The highest BCUT2D eigenvalue weighted by molar-refractivity contribution is 9.11. The lowest BCUT2D eigenvalue weighted by atomic mass is 9.73. The van der Waals surface area contributed by atoms with E-state index in [4.69, 9.17) is 9.47 Å². The first kappa shape index (κ1) is 11.6. The van der Waals surface area contributed by atoms with Crippen LogP contribution in [-0.2, 0) is 14.3 Å². The molecule has 0 radical (unpaired) electrons. The van der Waals surface area contributed by atoms with Gasteiger partial charge in [0.2, 0.25) is 0 Å². The third kappa shape index (κ3) is 1.00. The van der Waals surface area contributed by atoms with Crippen molar-refractivity contribution in [1.29, 1.82) is 0 Å². The molecule has 2 bridgehead atoms. The molecule has 18 heavy (non-hydrogen) atoms. The van der Waals surface area contributed by atoms with Crippen LogP contribution in [0.1, 0.15) is 25.7 Å². The Kier molecular flexibility index (Phi) is 2.24. The van der Waals surface area contributed by atoms with Gasteiger partial charge in [-0.15, -0.1) is 0 Å². The smallest absolute Gasteiger partial charge is 0.178 e. The van der Waals surface area contributed by atoms with Crippen molar-refractivity contribution >= 4 is 21.7 Å². The third-order valence-electron chi connectivity index (χ3n) is 5.67. The molecular weight excluding hydrogens is 296 g/mol. The zero-order chi connectivity index (χ0) is 12.5. The Morgan fingerprint density at radius 1 is 1.44 bits per heavy atom. The van der Waals surface area contributed by atoms with Gasteiger partial charge in [0.25, 0.3) is 0 Å². The largest absolute Gasteiger partial charge is 0.369 e. The number of allylic oxidation sites excluding steroid dienone is 1. The van der Waals surface area contributed by atoms with E-state index in [9.17, 15) is 4.79 Å². The number of fused-ring (bicyclic) bond motifs is 1. The van der Waals surface area contributed by atoms with Gasteiger partial charge in [0.1, 0.15) is 6.10 Å². The summed E-state index contributed by atoms with van der Waals surface area (Å²) in [4.78, 5) is 13.0. The summed E-state index contributed by atoms with van der Waals surface area (Å²) in [5, 5.41) is 0. The predicted octanol–water partition coefficient (Wildman–Crippen LogP) is 2.44. The van der Waals surface area contributed by atoms with E-state index in [-0.39, 0.29) is 17.3 Å². The van der Waals surface area contributed by atoms with Crippen LogP contribution in [0.4, 0.5) is 0 Å². The summed E-state index contributed by atoms with van der Waals surface area (Å²) in [6.45, 7) is 0.739. The molecule has 2 saturated carbocycles. The lowest BCUT2D eigenvalue weighted by Crippen LogP contribution is -2.60. The van der Waals surface area contributed by atoms with Gasteiger partial charge < -0.3 is 9.47 Å². The Bertz CT molecular complexity index is 460. The number of ether oxygens (including phenoxy) is 2. The Balaban J connectivity index is 1.99. The molecule has 3 fully saturated rings. The number of halogens is 1. The highest BCUT2D eigenvalue weighted by Gasteiger charge is 2.74. The van der Waals surface area contributed by atoms with Crippen LogP contribution in [0.15, 0.2) is 10.6 Å². The molecule has 0 amide bonds. The third-order valence-corrected chi connectivity index (χ3v) is 6.31. The first-order valence-electron chi connectivity index (χ1n) is 6.77. The first-order valence-corrected chi connectivity index (χ1v) is 7.56. The highest BCUT2D eigenvalue weighted by Crippen LogP contribution is 2.67. The van der Waals surface area contributed by atoms with E-state index >= 15 is 0 Å². The van der Waals surface area contributed by atoms with Gasteiger partial charge in [-0.2, -0.15) is 0 Å². The molecule has 0 aromatic rings. The fraction of sp³-hybridized carbons (Fsp3) is 0.786. The van der Waals surface area contributed by atoms with Gasteiger partial charge in [-0.25, -0.2) is 0 Å². The molecule has 0 unspecified atom stereocenters. The standard InChI is InChI=1S/C14H17BrO3/c1-17-14-9-4-6-18-11(14)10(15)7-13(12(14)16)5-2-3-8(9)13/h7-9,11H,2-6H2,1H3/t8-,9-,11+,13+,14-/m1/s1. The summed E-state index contributed by atoms with van der Waals surface area (Å²) in [7, 11) is 1.67. The van der Waals surface area contributed by atoms with Gasteiger partial charge in [0, 0.05) is 24.1 Å². The lowest BCUT2D eigenvalue weighted by molar-refractivity contribution is -0.183. The average molecular weight is 313 g/mol. The molecule has 4 aliphatic rings. The SMILES string of the molecule is CO[C@@]12C(=O)[C@@]34C=C(Br)[C@@H]1OCC[C@@H]2[C@H]3CCC4. The second-order valence-electron chi connectivity index (χ2n) is 6.04. The fourth-order valence-electron chi connectivity index (χ4n) is 5.10. The van der Waals surface area contributed by atoms with E-state index in [0.29, 0.717) is 11.8 Å². The van der Waals surface area contributed by atoms with Crippen molar-refractivity contribution in [1.82, 2.24) is 0 Å². The quantitative estimate of drug-likeness (QED) is 0.746. The molecule has 1 spiro atoms. The van der Waals surface area contributed by atoms with Crippen LogP contribution in [0.2, 0.25) is 0 Å². The van der Waals surface area contributed by atoms with E-state index in [1.165, 1.54) is 0 Å². The average Bonchev–Trinajstić information content (AvgIpc) is 2.85. The minimum atomic E-state index is -0.711. The monoisotopic (exact) mass is 312 g/mol. The summed E-state index contributed by atoms with van der Waals surface area (Å²) in [6, 6.07) is 0. The number of carbonyl (C=O) groups is 1. The van der Waals surface area contributed by atoms with E-state index in [0.717, 1.165) is 36.8 Å². The molecule has 0 aromatic heterocycles. The zero-order valence-corrected chi connectivity index (χ0v) is 12.0. The van der Waals surface area contributed by atoms with Gasteiger partial charge in [0.15, 0.2) is 11.4 Å². The summed E-state index contributed by atoms with van der Waals surface area (Å²) in [5.41, 5.74) is -0.972. The normalized spacial score (nSPS) is 53.3. The maximum Gasteiger partial charge on any atom is 0.178 e. The molecule has 1 aliphatic heterocycles. The van der Waals surface area contributed by atoms with E-state index in [2.05, 4.69) is 22.0 Å². The van der Waals surface area contributed by atoms with Crippen LogP contribution in [0.5, 0.6) is 0 Å². The number of carbonyl (C=O) groups excluding carboxylic acids is 1. The van der Waals surface area contributed by atoms with Crippen LogP contribution in [0, 0.1) is 17.3 Å². The number of hydrogen-bond acceptors (Lipinski definition) is 3. The number of hydrogen-bond donors (Lipinski definition) is 0.